The molecule has 0 spiro atoms. The van der Waals surface area contributed by atoms with E-state index in [4.69, 9.17) is 10.00 Å². The lowest BCUT2D eigenvalue weighted by Crippen LogP contribution is -2.47. The zero-order chi connectivity index (χ0) is 20.9. The third-order valence-electron chi connectivity index (χ3n) is 3.87. The molecular formula is C19H25N3O6. The summed E-state index contributed by atoms with van der Waals surface area (Å²) < 4.78 is 9.63. The Labute approximate surface area is 163 Å². The van der Waals surface area contributed by atoms with Gasteiger partial charge < -0.3 is 25.2 Å². The van der Waals surface area contributed by atoms with Crippen LogP contribution in [0.1, 0.15) is 25.3 Å². The van der Waals surface area contributed by atoms with Crippen molar-refractivity contribution in [2.75, 3.05) is 13.7 Å². The summed E-state index contributed by atoms with van der Waals surface area (Å²) in [7, 11) is 1.18. The third-order valence-corrected chi connectivity index (χ3v) is 3.87. The van der Waals surface area contributed by atoms with Gasteiger partial charge in [-0.3, -0.25) is 4.79 Å². The van der Waals surface area contributed by atoms with Gasteiger partial charge in [0.2, 0.25) is 5.91 Å². The number of alkyl carbamates (subject to hydrolysis) is 1. The van der Waals surface area contributed by atoms with Crippen molar-refractivity contribution in [3.05, 3.63) is 35.9 Å². The Bertz CT molecular complexity index is 689. The van der Waals surface area contributed by atoms with E-state index in [0.29, 0.717) is 0 Å². The summed E-state index contributed by atoms with van der Waals surface area (Å²) in [5.41, 5.74) is 0.818. The number of methoxy groups -OCH3 is 1. The summed E-state index contributed by atoms with van der Waals surface area (Å²) in [5.74, 6) is -1.73. The monoisotopic (exact) mass is 391 g/mol. The van der Waals surface area contributed by atoms with Gasteiger partial charge in [0.1, 0.15) is 12.6 Å². The van der Waals surface area contributed by atoms with Crippen LogP contribution in [0.25, 0.3) is 0 Å². The van der Waals surface area contributed by atoms with Crippen molar-refractivity contribution in [2.24, 2.45) is 5.92 Å². The van der Waals surface area contributed by atoms with Gasteiger partial charge in [0.15, 0.2) is 0 Å². The Morgan fingerprint density at radius 2 is 1.93 bits per heavy atom. The second kappa shape index (κ2) is 12.3. The Kier molecular flexibility index (Phi) is 10.1. The minimum atomic E-state index is -1.17. The van der Waals surface area contributed by atoms with E-state index >= 15 is 0 Å². The first-order valence-corrected chi connectivity index (χ1v) is 8.74. The molecule has 0 saturated heterocycles. The molecular weight excluding hydrogens is 366 g/mol. The number of aliphatic hydroxyl groups is 1. The topological polar surface area (TPSA) is 138 Å². The second-order valence-electron chi connectivity index (χ2n) is 6.21. The Balaban J connectivity index is 2.38. The molecule has 1 rings (SSSR count). The molecule has 9 heteroatoms. The smallest absolute Gasteiger partial charge is 0.407 e. The first kappa shape index (κ1) is 22.9. The molecule has 0 saturated carbocycles. The maximum atomic E-state index is 12.0. The van der Waals surface area contributed by atoms with Gasteiger partial charge in [-0.2, -0.15) is 5.26 Å². The number of nitriles is 1. The predicted molar refractivity (Wildman–Crippen MR) is 98.6 cm³/mol. The maximum absolute atomic E-state index is 12.0. The standard InChI is InChI=1S/C19H25N3O6/c1-13(8-9-20)17(18(25)27-2)22-16(24)10-15(23)11-21-19(26)28-12-14-6-4-3-5-7-14/h3-7,13,15,17,23H,8,10-12H2,1-2H3,(H,21,26)(H,22,24)/t13-,15-,17+/m0/s1. The highest BCUT2D eigenvalue weighted by molar-refractivity contribution is 5.84. The van der Waals surface area contributed by atoms with Gasteiger partial charge in [0.25, 0.3) is 0 Å². The number of aliphatic hydroxyl groups excluding tert-OH is 1. The number of benzene rings is 1. The Morgan fingerprint density at radius 1 is 1.25 bits per heavy atom. The van der Waals surface area contributed by atoms with E-state index in [1.807, 2.05) is 24.3 Å². The molecule has 0 aliphatic rings. The second-order valence-corrected chi connectivity index (χ2v) is 6.21. The molecule has 9 nitrogen and oxygen atoms in total. The number of nitrogens with zero attached hydrogens (tertiary/aromatic N) is 1. The molecule has 1 aromatic rings. The van der Waals surface area contributed by atoms with E-state index in [-0.39, 0.29) is 26.0 Å². The van der Waals surface area contributed by atoms with Crippen molar-refractivity contribution < 1.29 is 29.0 Å². The molecule has 0 radical (unpaired) electrons. The number of ether oxygens (including phenoxy) is 2. The largest absolute Gasteiger partial charge is 0.467 e. The number of carbonyl (C=O) groups excluding carboxylic acids is 3. The fraction of sp³-hybridized carbons (Fsp3) is 0.474. The Hall–Kier alpha value is -3.12. The maximum Gasteiger partial charge on any atom is 0.407 e. The first-order valence-electron chi connectivity index (χ1n) is 8.74. The molecule has 0 unspecified atom stereocenters. The van der Waals surface area contributed by atoms with E-state index in [2.05, 4.69) is 15.4 Å². The zero-order valence-corrected chi connectivity index (χ0v) is 15.9. The van der Waals surface area contributed by atoms with Crippen molar-refractivity contribution >= 4 is 18.0 Å². The molecule has 0 heterocycles. The van der Waals surface area contributed by atoms with Crippen LogP contribution < -0.4 is 10.6 Å². The van der Waals surface area contributed by atoms with E-state index in [1.54, 1.807) is 19.1 Å². The summed E-state index contributed by atoms with van der Waals surface area (Å²) in [4.78, 5) is 35.5. The quantitative estimate of drug-likeness (QED) is 0.503. The van der Waals surface area contributed by atoms with Gasteiger partial charge in [0, 0.05) is 18.9 Å². The molecule has 0 aliphatic carbocycles. The summed E-state index contributed by atoms with van der Waals surface area (Å²) in [6.45, 7) is 1.52. The van der Waals surface area contributed by atoms with Crippen molar-refractivity contribution in [3.8, 4) is 6.07 Å². The fourth-order valence-electron chi connectivity index (χ4n) is 2.32. The molecule has 3 atom stereocenters. The molecule has 28 heavy (non-hydrogen) atoms. The van der Waals surface area contributed by atoms with Gasteiger partial charge in [0.05, 0.1) is 25.7 Å². The van der Waals surface area contributed by atoms with Crippen LogP contribution in [-0.2, 0) is 25.7 Å². The minimum Gasteiger partial charge on any atom is -0.467 e. The molecule has 0 aliphatic heterocycles. The highest BCUT2D eigenvalue weighted by atomic mass is 16.5. The van der Waals surface area contributed by atoms with Gasteiger partial charge in [-0.1, -0.05) is 37.3 Å². The molecule has 0 bridgehead atoms. The first-order chi connectivity index (χ1) is 13.4. The molecule has 0 fully saturated rings. The lowest BCUT2D eigenvalue weighted by atomic mass is 9.98. The highest BCUT2D eigenvalue weighted by Gasteiger charge is 2.28. The van der Waals surface area contributed by atoms with Crippen LogP contribution in [-0.4, -0.2) is 48.9 Å². The minimum absolute atomic E-state index is 0.0530. The van der Waals surface area contributed by atoms with Crippen molar-refractivity contribution in [2.45, 2.75) is 38.5 Å². The van der Waals surface area contributed by atoms with Crippen LogP contribution in [0.5, 0.6) is 0 Å². The average molecular weight is 391 g/mol. The molecule has 1 aromatic carbocycles. The van der Waals surface area contributed by atoms with Gasteiger partial charge in [-0.15, -0.1) is 0 Å². The molecule has 3 N–H and O–H groups in total. The number of amides is 2. The summed E-state index contributed by atoms with van der Waals surface area (Å²) in [6, 6.07) is 10.0. The van der Waals surface area contributed by atoms with Crippen LogP contribution in [0.4, 0.5) is 4.79 Å². The van der Waals surface area contributed by atoms with E-state index < -0.39 is 36.0 Å². The number of hydrogen-bond donors (Lipinski definition) is 3. The Morgan fingerprint density at radius 3 is 2.54 bits per heavy atom. The molecule has 0 aromatic heterocycles. The fourth-order valence-corrected chi connectivity index (χ4v) is 2.32. The SMILES string of the molecule is COC(=O)[C@H](NC(=O)C[C@H](O)CNC(=O)OCc1ccccc1)[C@@H](C)CC#N. The van der Waals surface area contributed by atoms with E-state index in [9.17, 15) is 19.5 Å². The van der Waals surface area contributed by atoms with Crippen LogP contribution in [0.15, 0.2) is 30.3 Å². The number of hydrogen-bond acceptors (Lipinski definition) is 7. The normalized spacial score (nSPS) is 13.4. The number of esters is 1. The number of rotatable bonds is 10. The zero-order valence-electron chi connectivity index (χ0n) is 15.9. The predicted octanol–water partition coefficient (Wildman–Crippen LogP) is 0.871. The number of carbonyl (C=O) groups is 3. The molecule has 152 valence electrons. The van der Waals surface area contributed by atoms with Gasteiger partial charge in [-0.25, -0.2) is 9.59 Å². The van der Waals surface area contributed by atoms with E-state index in [0.717, 1.165) is 5.56 Å². The summed E-state index contributed by atoms with van der Waals surface area (Å²) in [6.07, 6.45) is -2.18. The molecule has 2 amide bonds. The lowest BCUT2D eigenvalue weighted by Gasteiger charge is -2.21. The van der Waals surface area contributed by atoms with Gasteiger partial charge >= 0.3 is 12.1 Å². The van der Waals surface area contributed by atoms with Crippen LogP contribution in [0, 0.1) is 17.2 Å². The van der Waals surface area contributed by atoms with Gasteiger partial charge in [-0.05, 0) is 5.56 Å². The van der Waals surface area contributed by atoms with Crippen LogP contribution >= 0.6 is 0 Å². The summed E-state index contributed by atoms with van der Waals surface area (Å²) in [5, 5.41) is 23.5. The third kappa shape index (κ3) is 8.51. The van der Waals surface area contributed by atoms with Crippen molar-refractivity contribution in [3.63, 3.8) is 0 Å². The summed E-state index contributed by atoms with van der Waals surface area (Å²) >= 11 is 0. The number of nitrogens with one attached hydrogen (secondary N) is 2. The lowest BCUT2D eigenvalue weighted by molar-refractivity contribution is -0.146. The van der Waals surface area contributed by atoms with E-state index in [1.165, 1.54) is 7.11 Å². The van der Waals surface area contributed by atoms with Crippen LogP contribution in [0.3, 0.4) is 0 Å². The highest BCUT2D eigenvalue weighted by Crippen LogP contribution is 2.10. The van der Waals surface area contributed by atoms with Crippen molar-refractivity contribution in [1.82, 2.24) is 10.6 Å². The van der Waals surface area contributed by atoms with Crippen molar-refractivity contribution in [1.29, 1.82) is 5.26 Å². The van der Waals surface area contributed by atoms with Crippen LogP contribution in [0.2, 0.25) is 0 Å². The average Bonchev–Trinajstić information content (AvgIpc) is 2.69.